The van der Waals surface area contributed by atoms with E-state index in [0.29, 0.717) is 38.4 Å². The zero-order valence-electron chi connectivity index (χ0n) is 12.7. The van der Waals surface area contributed by atoms with E-state index in [2.05, 4.69) is 19.2 Å². The second-order valence-corrected chi connectivity index (χ2v) is 5.34. The van der Waals surface area contributed by atoms with Crippen LogP contribution in [0.1, 0.15) is 20.3 Å². The molecule has 0 radical (unpaired) electrons. The van der Waals surface area contributed by atoms with E-state index in [1.165, 1.54) is 0 Å². The number of hydrogen-bond acceptors (Lipinski definition) is 5. The van der Waals surface area contributed by atoms with Crippen molar-refractivity contribution in [2.45, 2.75) is 38.5 Å². The Bertz CT molecular complexity index is 225. The fourth-order valence-corrected chi connectivity index (χ4v) is 2.10. The molecule has 3 atom stereocenters. The summed E-state index contributed by atoms with van der Waals surface area (Å²) in [4.78, 5) is 0. The number of ether oxygens (including phenoxy) is 4. The Morgan fingerprint density at radius 3 is 2.47 bits per heavy atom. The van der Waals surface area contributed by atoms with Gasteiger partial charge < -0.3 is 24.3 Å². The highest BCUT2D eigenvalue weighted by Gasteiger charge is 2.41. The van der Waals surface area contributed by atoms with Gasteiger partial charge >= 0.3 is 0 Å². The molecule has 3 unspecified atom stereocenters. The van der Waals surface area contributed by atoms with E-state index in [-0.39, 0.29) is 12.2 Å². The molecule has 0 aromatic rings. The van der Waals surface area contributed by atoms with Gasteiger partial charge in [-0.25, -0.2) is 0 Å². The van der Waals surface area contributed by atoms with Crippen LogP contribution in [-0.4, -0.2) is 65.4 Å². The average Bonchev–Trinajstić information content (AvgIpc) is 2.36. The molecule has 0 bridgehead atoms. The number of nitrogens with one attached hydrogen (secondary N) is 1. The van der Waals surface area contributed by atoms with Gasteiger partial charge in [-0.2, -0.15) is 0 Å². The fourth-order valence-electron chi connectivity index (χ4n) is 2.10. The van der Waals surface area contributed by atoms with E-state index >= 15 is 0 Å². The van der Waals surface area contributed by atoms with Crippen molar-refractivity contribution in [1.29, 1.82) is 0 Å². The van der Waals surface area contributed by atoms with Gasteiger partial charge in [0.05, 0.1) is 38.6 Å². The third-order valence-corrected chi connectivity index (χ3v) is 3.23. The van der Waals surface area contributed by atoms with E-state index in [9.17, 15) is 0 Å². The van der Waals surface area contributed by atoms with Crippen LogP contribution in [0.2, 0.25) is 0 Å². The highest BCUT2D eigenvalue weighted by Crippen LogP contribution is 2.27. The van der Waals surface area contributed by atoms with Gasteiger partial charge in [-0.05, 0) is 19.4 Å². The summed E-state index contributed by atoms with van der Waals surface area (Å²) >= 11 is 0. The van der Waals surface area contributed by atoms with E-state index in [0.717, 1.165) is 13.0 Å². The van der Waals surface area contributed by atoms with Gasteiger partial charge in [0.2, 0.25) is 0 Å². The third-order valence-electron chi connectivity index (χ3n) is 3.23. The van der Waals surface area contributed by atoms with Crippen molar-refractivity contribution in [3.63, 3.8) is 0 Å². The summed E-state index contributed by atoms with van der Waals surface area (Å²) in [5.41, 5.74) is 0. The second kappa shape index (κ2) is 9.66. The molecule has 114 valence electrons. The molecule has 0 aliphatic heterocycles. The summed E-state index contributed by atoms with van der Waals surface area (Å²) in [6.45, 7) is 7.61. The Morgan fingerprint density at radius 1 is 1.11 bits per heavy atom. The first-order chi connectivity index (χ1) is 9.19. The smallest absolute Gasteiger partial charge is 0.0991 e. The highest BCUT2D eigenvalue weighted by atomic mass is 16.6. The Balaban J connectivity index is 2.10. The lowest BCUT2D eigenvalue weighted by Crippen LogP contribution is -2.59. The second-order valence-electron chi connectivity index (χ2n) is 5.34. The maximum absolute atomic E-state index is 5.80. The van der Waals surface area contributed by atoms with E-state index in [4.69, 9.17) is 18.9 Å². The van der Waals surface area contributed by atoms with Crippen molar-refractivity contribution >= 4 is 0 Å². The van der Waals surface area contributed by atoms with Crippen molar-refractivity contribution in [1.82, 2.24) is 5.32 Å². The molecule has 5 nitrogen and oxygen atoms in total. The van der Waals surface area contributed by atoms with Crippen LogP contribution in [0, 0.1) is 5.92 Å². The van der Waals surface area contributed by atoms with Gasteiger partial charge in [0, 0.05) is 19.8 Å². The number of methoxy groups -OCH3 is 1. The quantitative estimate of drug-likeness (QED) is 0.572. The molecular weight excluding hydrogens is 246 g/mol. The SMILES string of the molecule is CNC1CC(OCCOCC(C)C)C1OCCOC. The van der Waals surface area contributed by atoms with Gasteiger partial charge in [0.25, 0.3) is 0 Å². The monoisotopic (exact) mass is 275 g/mol. The molecule has 1 fully saturated rings. The van der Waals surface area contributed by atoms with Crippen molar-refractivity contribution in [2.24, 2.45) is 5.92 Å². The summed E-state index contributed by atoms with van der Waals surface area (Å²) in [7, 11) is 3.64. The summed E-state index contributed by atoms with van der Waals surface area (Å²) in [5, 5.41) is 3.25. The molecule has 0 spiro atoms. The summed E-state index contributed by atoms with van der Waals surface area (Å²) in [5.74, 6) is 0.572. The largest absolute Gasteiger partial charge is 0.382 e. The maximum Gasteiger partial charge on any atom is 0.0991 e. The molecule has 1 N–H and O–H groups in total. The van der Waals surface area contributed by atoms with Crippen molar-refractivity contribution in [3.05, 3.63) is 0 Å². The number of likely N-dealkylation sites (N-methyl/N-ethyl adjacent to an activating group) is 1. The van der Waals surface area contributed by atoms with Crippen LogP contribution in [0.3, 0.4) is 0 Å². The highest BCUT2D eigenvalue weighted by molar-refractivity contribution is 4.96. The van der Waals surface area contributed by atoms with Gasteiger partial charge in [0.1, 0.15) is 0 Å². The molecule has 0 aromatic carbocycles. The first kappa shape index (κ1) is 16.9. The predicted molar refractivity (Wildman–Crippen MR) is 74.5 cm³/mol. The minimum absolute atomic E-state index is 0.130. The molecular formula is C14H29NO4. The van der Waals surface area contributed by atoms with E-state index < -0.39 is 0 Å². The first-order valence-corrected chi connectivity index (χ1v) is 7.16. The molecule has 1 aliphatic rings. The molecule has 1 aliphatic carbocycles. The maximum atomic E-state index is 5.80. The molecule has 0 amide bonds. The average molecular weight is 275 g/mol. The van der Waals surface area contributed by atoms with Crippen LogP contribution in [0.25, 0.3) is 0 Å². The minimum Gasteiger partial charge on any atom is -0.382 e. The molecule has 1 saturated carbocycles. The van der Waals surface area contributed by atoms with Crippen LogP contribution in [-0.2, 0) is 18.9 Å². The molecule has 0 saturated heterocycles. The third kappa shape index (κ3) is 6.19. The fraction of sp³-hybridized carbons (Fsp3) is 1.00. The Morgan fingerprint density at radius 2 is 1.84 bits per heavy atom. The molecule has 5 heteroatoms. The van der Waals surface area contributed by atoms with Crippen LogP contribution >= 0.6 is 0 Å². The molecule has 0 heterocycles. The van der Waals surface area contributed by atoms with E-state index in [1.54, 1.807) is 7.11 Å². The van der Waals surface area contributed by atoms with Crippen molar-refractivity contribution < 1.29 is 18.9 Å². The van der Waals surface area contributed by atoms with Gasteiger partial charge in [-0.1, -0.05) is 13.8 Å². The van der Waals surface area contributed by atoms with Crippen LogP contribution in [0.5, 0.6) is 0 Å². The zero-order valence-corrected chi connectivity index (χ0v) is 12.7. The Hall–Kier alpha value is -0.200. The lowest BCUT2D eigenvalue weighted by molar-refractivity contribution is -0.156. The van der Waals surface area contributed by atoms with Crippen LogP contribution in [0.15, 0.2) is 0 Å². The van der Waals surface area contributed by atoms with Gasteiger partial charge in [0.15, 0.2) is 0 Å². The molecule has 0 aromatic heterocycles. The zero-order chi connectivity index (χ0) is 14.1. The van der Waals surface area contributed by atoms with E-state index in [1.807, 2.05) is 7.05 Å². The molecule has 19 heavy (non-hydrogen) atoms. The Kier molecular flexibility index (Phi) is 8.57. The first-order valence-electron chi connectivity index (χ1n) is 7.16. The van der Waals surface area contributed by atoms with Crippen LogP contribution < -0.4 is 5.32 Å². The standard InChI is InChI=1S/C14H29NO4/c1-11(2)10-17-6-8-18-13-9-12(15-3)14(13)19-7-5-16-4/h11-15H,5-10H2,1-4H3. The van der Waals surface area contributed by atoms with Crippen molar-refractivity contribution in [2.75, 3.05) is 47.2 Å². The van der Waals surface area contributed by atoms with Gasteiger partial charge in [-0.3, -0.25) is 0 Å². The summed E-state index contributed by atoms with van der Waals surface area (Å²) < 4.78 is 22.1. The lowest BCUT2D eigenvalue weighted by Gasteiger charge is -2.43. The topological polar surface area (TPSA) is 49.0 Å². The number of rotatable bonds is 11. The number of hydrogen-bond donors (Lipinski definition) is 1. The van der Waals surface area contributed by atoms with Crippen LogP contribution in [0.4, 0.5) is 0 Å². The summed E-state index contributed by atoms with van der Waals surface area (Å²) in [6.07, 6.45) is 1.31. The normalized spacial score (nSPS) is 26.7. The lowest BCUT2D eigenvalue weighted by atomic mass is 9.85. The minimum atomic E-state index is 0.130. The van der Waals surface area contributed by atoms with Crippen molar-refractivity contribution in [3.8, 4) is 0 Å². The predicted octanol–water partition coefficient (Wildman–Crippen LogP) is 1.07. The summed E-state index contributed by atoms with van der Waals surface area (Å²) in [6, 6.07) is 0.387. The Labute approximate surface area is 116 Å². The molecule has 1 rings (SSSR count). The van der Waals surface area contributed by atoms with Gasteiger partial charge in [-0.15, -0.1) is 0 Å².